The summed E-state index contributed by atoms with van der Waals surface area (Å²) in [6, 6.07) is 29.2. The number of benzene rings is 4. The molecule has 1 amide bonds. The third kappa shape index (κ3) is 4.02. The van der Waals surface area contributed by atoms with Crippen LogP contribution in [-0.2, 0) is 19.9 Å². The molecule has 1 aliphatic rings. The molecule has 1 saturated heterocycles. The first-order valence-corrected chi connectivity index (χ1v) is 11.4. The molecular formula is C28H22F3N3O3. The smallest absolute Gasteiger partial charge is 0.404 e. The highest BCUT2D eigenvalue weighted by Crippen LogP contribution is 2.41. The van der Waals surface area contributed by atoms with E-state index in [-0.39, 0.29) is 0 Å². The normalized spacial score (nSPS) is 21.9. The number of nitrogens with two attached hydrogens (primary N) is 1. The molecule has 0 aromatic heterocycles. The molecule has 0 radical (unpaired) electrons. The first kappa shape index (κ1) is 24.5. The van der Waals surface area contributed by atoms with Gasteiger partial charge in [-0.2, -0.15) is 13.2 Å². The fourth-order valence-electron chi connectivity index (χ4n) is 4.74. The lowest BCUT2D eigenvalue weighted by Gasteiger charge is -2.32. The van der Waals surface area contributed by atoms with E-state index in [9.17, 15) is 22.8 Å². The second-order valence-corrected chi connectivity index (χ2v) is 8.80. The van der Waals surface area contributed by atoms with Crippen molar-refractivity contribution in [3.8, 4) is 11.1 Å². The molecule has 0 aliphatic carbocycles. The van der Waals surface area contributed by atoms with Crippen molar-refractivity contribution >= 4 is 22.6 Å². The Morgan fingerprint density at radius 2 is 1.51 bits per heavy atom. The Morgan fingerprint density at radius 3 is 2.24 bits per heavy atom. The first-order valence-electron chi connectivity index (χ1n) is 11.4. The van der Waals surface area contributed by atoms with Crippen molar-refractivity contribution in [2.45, 2.75) is 17.7 Å². The SMILES string of the molecule is CN1C(=O)C(c2ccccc2)(c2cccc(-c3cccc4ccccc34)c2)NC1(N)OC(=O)C(F)(F)F. The predicted octanol–water partition coefficient (Wildman–Crippen LogP) is 4.49. The topological polar surface area (TPSA) is 84.7 Å². The lowest BCUT2D eigenvalue weighted by Crippen LogP contribution is -2.64. The van der Waals surface area contributed by atoms with Gasteiger partial charge in [0.15, 0.2) is 5.54 Å². The van der Waals surface area contributed by atoms with Crippen LogP contribution in [0.5, 0.6) is 0 Å². The van der Waals surface area contributed by atoms with Crippen LogP contribution in [0.15, 0.2) is 97.1 Å². The fraction of sp³-hybridized carbons (Fsp3) is 0.143. The van der Waals surface area contributed by atoms with Gasteiger partial charge in [0, 0.05) is 7.05 Å². The molecule has 2 atom stereocenters. The highest BCUT2D eigenvalue weighted by Gasteiger charge is 2.62. The maximum atomic E-state index is 13.8. The van der Waals surface area contributed by atoms with E-state index in [0.717, 1.165) is 26.8 Å². The third-order valence-corrected chi connectivity index (χ3v) is 6.57. The quantitative estimate of drug-likeness (QED) is 0.316. The number of alkyl halides is 3. The van der Waals surface area contributed by atoms with E-state index in [1.54, 1.807) is 48.5 Å². The maximum Gasteiger partial charge on any atom is 0.491 e. The minimum atomic E-state index is -5.30. The number of hydrogen-bond donors (Lipinski definition) is 2. The summed E-state index contributed by atoms with van der Waals surface area (Å²) in [5.41, 5.74) is 6.89. The summed E-state index contributed by atoms with van der Waals surface area (Å²) < 4.78 is 43.8. The highest BCUT2D eigenvalue weighted by atomic mass is 19.4. The lowest BCUT2D eigenvalue weighted by molar-refractivity contribution is -0.228. The molecule has 0 saturated carbocycles. The number of carbonyl (C=O) groups excluding carboxylic acids is 2. The van der Waals surface area contributed by atoms with Gasteiger partial charge in [-0.3, -0.25) is 15.4 Å². The molecule has 5 rings (SSSR count). The Hall–Kier alpha value is -4.21. The zero-order chi connectivity index (χ0) is 26.4. The summed E-state index contributed by atoms with van der Waals surface area (Å²) >= 11 is 0. The molecule has 6 nitrogen and oxygen atoms in total. The van der Waals surface area contributed by atoms with Gasteiger partial charge in [0.05, 0.1) is 0 Å². The van der Waals surface area contributed by atoms with Crippen LogP contribution in [0.4, 0.5) is 13.2 Å². The van der Waals surface area contributed by atoms with Crippen LogP contribution in [0.25, 0.3) is 21.9 Å². The molecule has 9 heteroatoms. The van der Waals surface area contributed by atoms with Crippen molar-refractivity contribution in [2.75, 3.05) is 7.05 Å². The summed E-state index contributed by atoms with van der Waals surface area (Å²) in [5.74, 6) is -5.77. The number of nitrogens with zero attached hydrogens (tertiary/aromatic N) is 1. The van der Waals surface area contributed by atoms with Crippen LogP contribution in [-0.4, -0.2) is 36.0 Å². The molecular weight excluding hydrogens is 483 g/mol. The molecule has 1 aliphatic heterocycles. The van der Waals surface area contributed by atoms with Gasteiger partial charge in [0.2, 0.25) is 0 Å². The van der Waals surface area contributed by atoms with E-state index in [2.05, 4.69) is 10.1 Å². The van der Waals surface area contributed by atoms with Crippen LogP contribution in [0, 0.1) is 0 Å². The van der Waals surface area contributed by atoms with Crippen LogP contribution in [0.1, 0.15) is 11.1 Å². The van der Waals surface area contributed by atoms with Gasteiger partial charge in [-0.25, -0.2) is 10.1 Å². The zero-order valence-corrected chi connectivity index (χ0v) is 19.6. The number of esters is 1. The van der Waals surface area contributed by atoms with E-state index in [0.29, 0.717) is 11.1 Å². The van der Waals surface area contributed by atoms with Crippen LogP contribution >= 0.6 is 0 Å². The number of hydrogen-bond acceptors (Lipinski definition) is 5. The van der Waals surface area contributed by atoms with Crippen LogP contribution < -0.4 is 11.1 Å². The number of halogens is 3. The molecule has 2 unspecified atom stereocenters. The summed E-state index contributed by atoms with van der Waals surface area (Å²) in [5, 5.41) is 4.76. The minimum absolute atomic E-state index is 0.413. The van der Waals surface area contributed by atoms with Gasteiger partial charge in [-0.15, -0.1) is 0 Å². The Kier molecular flexibility index (Phi) is 5.77. The van der Waals surface area contributed by atoms with E-state index in [4.69, 9.17) is 5.73 Å². The van der Waals surface area contributed by atoms with Crippen LogP contribution in [0.3, 0.4) is 0 Å². The molecule has 4 aromatic carbocycles. The van der Waals surface area contributed by atoms with Crippen molar-refractivity contribution in [3.63, 3.8) is 0 Å². The number of fused-ring (bicyclic) bond motifs is 1. The number of carbonyl (C=O) groups is 2. The van der Waals surface area contributed by atoms with Crippen molar-refractivity contribution < 1.29 is 27.5 Å². The van der Waals surface area contributed by atoms with Gasteiger partial charge >= 0.3 is 18.1 Å². The van der Waals surface area contributed by atoms with Crippen LogP contribution in [0.2, 0.25) is 0 Å². The van der Waals surface area contributed by atoms with E-state index in [1.807, 2.05) is 48.5 Å². The summed E-state index contributed by atoms with van der Waals surface area (Å²) in [6.07, 6.45) is -5.30. The summed E-state index contributed by atoms with van der Waals surface area (Å²) in [7, 11) is 1.18. The molecule has 4 aromatic rings. The monoisotopic (exact) mass is 505 g/mol. The Morgan fingerprint density at radius 1 is 0.892 bits per heavy atom. The van der Waals surface area contributed by atoms with E-state index in [1.165, 1.54) is 7.05 Å². The third-order valence-electron chi connectivity index (χ3n) is 6.57. The van der Waals surface area contributed by atoms with Crippen molar-refractivity contribution in [2.24, 2.45) is 5.73 Å². The average molecular weight is 505 g/mol. The molecule has 0 bridgehead atoms. The molecule has 37 heavy (non-hydrogen) atoms. The molecule has 0 spiro atoms. The lowest BCUT2D eigenvalue weighted by atomic mass is 9.81. The van der Waals surface area contributed by atoms with E-state index >= 15 is 0 Å². The average Bonchev–Trinajstić information content (AvgIpc) is 3.10. The standard InChI is InChI=1S/C28H22F3N3O3/c1-34-24(35)26(20-12-3-2-4-13-20,33-28(34,32)37-25(36)27(29,30)31)21-14-7-11-19(17-21)23-16-8-10-18-9-5-6-15-22(18)23/h2-17,33H,32H2,1H3. The second kappa shape index (κ2) is 8.72. The highest BCUT2D eigenvalue weighted by molar-refractivity contribution is 5.98. The zero-order valence-electron chi connectivity index (χ0n) is 19.6. The second-order valence-electron chi connectivity index (χ2n) is 8.80. The molecule has 3 N–H and O–H groups in total. The Bertz CT molecular complexity index is 1500. The van der Waals surface area contributed by atoms with E-state index < -0.39 is 29.6 Å². The van der Waals surface area contributed by atoms with Gasteiger partial charge in [0.1, 0.15) is 0 Å². The molecule has 1 heterocycles. The first-order chi connectivity index (χ1) is 17.6. The number of nitrogens with one attached hydrogen (secondary N) is 1. The Balaban J connectivity index is 1.68. The van der Waals surface area contributed by atoms with Gasteiger partial charge in [0.25, 0.3) is 5.91 Å². The number of likely N-dealkylation sites (N-methyl/N-ethyl adjacent to an activating group) is 1. The summed E-state index contributed by atoms with van der Waals surface area (Å²) in [4.78, 5) is 26.3. The van der Waals surface area contributed by atoms with Gasteiger partial charge in [-0.1, -0.05) is 91.0 Å². The minimum Gasteiger partial charge on any atom is -0.404 e. The number of amides is 1. The number of ether oxygens (including phenoxy) is 1. The number of rotatable bonds is 4. The molecule has 1 fully saturated rings. The summed E-state index contributed by atoms with van der Waals surface area (Å²) in [6.45, 7) is 0. The van der Waals surface area contributed by atoms with Crippen molar-refractivity contribution in [1.82, 2.24) is 10.2 Å². The van der Waals surface area contributed by atoms with Gasteiger partial charge < -0.3 is 4.74 Å². The largest absolute Gasteiger partial charge is 0.491 e. The molecule has 188 valence electrons. The predicted molar refractivity (Wildman–Crippen MR) is 132 cm³/mol. The van der Waals surface area contributed by atoms with Crippen molar-refractivity contribution in [1.29, 1.82) is 0 Å². The Labute approximate surface area is 210 Å². The van der Waals surface area contributed by atoms with Gasteiger partial charge in [-0.05, 0) is 39.1 Å². The van der Waals surface area contributed by atoms with Crippen molar-refractivity contribution in [3.05, 3.63) is 108 Å². The fourth-order valence-corrected chi connectivity index (χ4v) is 4.74. The maximum absolute atomic E-state index is 13.8.